The highest BCUT2D eigenvalue weighted by atomic mass is 16.5. The monoisotopic (exact) mass is 325 g/mol. The van der Waals surface area contributed by atoms with Gasteiger partial charge in [-0.1, -0.05) is 25.0 Å². The van der Waals surface area contributed by atoms with Gasteiger partial charge in [0, 0.05) is 6.54 Å². The van der Waals surface area contributed by atoms with Gasteiger partial charge < -0.3 is 20.1 Å². The molecular formula is C18H31NO4. The molecule has 0 saturated heterocycles. The predicted molar refractivity (Wildman–Crippen MR) is 91.4 cm³/mol. The summed E-state index contributed by atoms with van der Waals surface area (Å²) in [5, 5.41) is 29.8. The molecule has 0 spiro atoms. The van der Waals surface area contributed by atoms with Crippen molar-refractivity contribution in [1.29, 1.82) is 0 Å². The van der Waals surface area contributed by atoms with Crippen LogP contribution in [0.1, 0.15) is 53.4 Å². The van der Waals surface area contributed by atoms with Gasteiger partial charge in [-0.05, 0) is 52.7 Å². The summed E-state index contributed by atoms with van der Waals surface area (Å²) in [7, 11) is 0. The summed E-state index contributed by atoms with van der Waals surface area (Å²) in [5.74, 6) is 0.682. The molecule has 0 bridgehead atoms. The van der Waals surface area contributed by atoms with Gasteiger partial charge in [0.2, 0.25) is 0 Å². The minimum Gasteiger partial charge on any atom is -0.504 e. The number of aliphatic hydroxyl groups is 2. The van der Waals surface area contributed by atoms with Crippen LogP contribution in [-0.4, -0.2) is 44.8 Å². The Bertz CT molecular complexity index is 449. The number of nitrogens with zero attached hydrogens (tertiary/aromatic N) is 1. The summed E-state index contributed by atoms with van der Waals surface area (Å²) in [6.07, 6.45) is 3.79. The van der Waals surface area contributed by atoms with Crippen LogP contribution in [0.4, 0.5) is 0 Å². The third kappa shape index (κ3) is 7.20. The van der Waals surface area contributed by atoms with E-state index in [0.29, 0.717) is 18.9 Å². The van der Waals surface area contributed by atoms with E-state index in [0.717, 1.165) is 25.7 Å². The van der Waals surface area contributed by atoms with Crippen LogP contribution in [0, 0.1) is 0 Å². The van der Waals surface area contributed by atoms with E-state index in [1.165, 1.54) is 0 Å². The summed E-state index contributed by atoms with van der Waals surface area (Å²) in [6, 6.07) is 6.95. The zero-order valence-corrected chi connectivity index (χ0v) is 14.7. The second kappa shape index (κ2) is 8.52. The molecular weight excluding hydrogens is 294 g/mol. The summed E-state index contributed by atoms with van der Waals surface area (Å²) in [5.41, 5.74) is -2.10. The van der Waals surface area contributed by atoms with E-state index in [1.54, 1.807) is 50.8 Å². The van der Waals surface area contributed by atoms with Crippen LogP contribution in [0.3, 0.4) is 0 Å². The first kappa shape index (κ1) is 19.7. The number of phenolic OH excluding ortho intramolecular Hbond substituents is 1. The molecule has 0 saturated carbocycles. The highest BCUT2D eigenvalue weighted by Gasteiger charge is 2.34. The maximum Gasteiger partial charge on any atom is 0.160 e. The number of hydrogen-bond donors (Lipinski definition) is 3. The Morgan fingerprint density at radius 3 is 2.04 bits per heavy atom. The fourth-order valence-electron chi connectivity index (χ4n) is 2.70. The number of benzene rings is 1. The number of aromatic hydroxyl groups is 1. The molecule has 0 aliphatic rings. The van der Waals surface area contributed by atoms with E-state index >= 15 is 0 Å². The Labute approximate surface area is 139 Å². The SMILES string of the molecule is CC(C)(O)N(CCCCCCOc1ccccc1O)C(C)(C)O. The van der Waals surface area contributed by atoms with Crippen LogP contribution in [-0.2, 0) is 0 Å². The Kier molecular flexibility index (Phi) is 7.32. The van der Waals surface area contributed by atoms with Crippen molar-refractivity contribution in [2.24, 2.45) is 0 Å². The standard InChI is InChI=1S/C18H31NO4/c1-17(2,21)19(18(3,4)22)13-9-5-6-10-14-23-16-12-8-7-11-15(16)20/h7-8,11-12,20-22H,5-6,9-10,13-14H2,1-4H3. The molecule has 0 fully saturated rings. The third-order valence-electron chi connectivity index (χ3n) is 3.72. The maximum absolute atomic E-state index is 10.1. The lowest BCUT2D eigenvalue weighted by Crippen LogP contribution is -2.55. The quantitative estimate of drug-likeness (QED) is 0.455. The number of hydrogen-bond acceptors (Lipinski definition) is 5. The average Bonchev–Trinajstić information content (AvgIpc) is 2.40. The van der Waals surface area contributed by atoms with Crippen molar-refractivity contribution < 1.29 is 20.1 Å². The Balaban J connectivity index is 2.21. The normalized spacial score (nSPS) is 12.7. The summed E-state index contributed by atoms with van der Waals surface area (Å²) in [4.78, 5) is 1.69. The van der Waals surface area contributed by atoms with Crippen LogP contribution in [0.5, 0.6) is 11.5 Å². The van der Waals surface area contributed by atoms with Gasteiger partial charge in [0.25, 0.3) is 0 Å². The molecule has 23 heavy (non-hydrogen) atoms. The van der Waals surface area contributed by atoms with Crippen molar-refractivity contribution in [1.82, 2.24) is 4.90 Å². The molecule has 0 unspecified atom stereocenters. The smallest absolute Gasteiger partial charge is 0.160 e. The van der Waals surface area contributed by atoms with E-state index in [1.807, 2.05) is 6.07 Å². The van der Waals surface area contributed by atoms with Crippen LogP contribution >= 0.6 is 0 Å². The molecule has 0 heterocycles. The lowest BCUT2D eigenvalue weighted by molar-refractivity contribution is -0.200. The minimum absolute atomic E-state index is 0.165. The second-order valence-corrected chi connectivity index (χ2v) is 6.87. The van der Waals surface area contributed by atoms with Crippen LogP contribution in [0.25, 0.3) is 0 Å². The highest BCUT2D eigenvalue weighted by molar-refractivity contribution is 5.37. The Hall–Kier alpha value is -1.30. The molecule has 0 atom stereocenters. The lowest BCUT2D eigenvalue weighted by atomic mass is 10.1. The van der Waals surface area contributed by atoms with Crippen molar-refractivity contribution in [3.63, 3.8) is 0 Å². The fourth-order valence-corrected chi connectivity index (χ4v) is 2.70. The van der Waals surface area contributed by atoms with Crippen LogP contribution in [0.2, 0.25) is 0 Å². The van der Waals surface area contributed by atoms with Gasteiger partial charge in [-0.25, -0.2) is 4.90 Å². The fraction of sp³-hybridized carbons (Fsp3) is 0.667. The van der Waals surface area contributed by atoms with Crippen LogP contribution in [0.15, 0.2) is 24.3 Å². The molecule has 0 aliphatic carbocycles. The van der Waals surface area contributed by atoms with Gasteiger partial charge in [-0.2, -0.15) is 0 Å². The summed E-state index contributed by atoms with van der Waals surface area (Å²) >= 11 is 0. The number of ether oxygens (including phenoxy) is 1. The van der Waals surface area contributed by atoms with Crippen LogP contribution < -0.4 is 4.74 Å². The van der Waals surface area contributed by atoms with Crippen molar-refractivity contribution >= 4 is 0 Å². The van der Waals surface area contributed by atoms with E-state index in [4.69, 9.17) is 4.74 Å². The van der Waals surface area contributed by atoms with Gasteiger partial charge in [0.05, 0.1) is 6.61 Å². The van der Waals surface area contributed by atoms with E-state index in [2.05, 4.69) is 0 Å². The largest absolute Gasteiger partial charge is 0.504 e. The Morgan fingerprint density at radius 1 is 0.913 bits per heavy atom. The molecule has 132 valence electrons. The number of rotatable bonds is 10. The first-order valence-electron chi connectivity index (χ1n) is 8.25. The molecule has 1 aromatic carbocycles. The van der Waals surface area contributed by atoms with E-state index in [9.17, 15) is 15.3 Å². The minimum atomic E-state index is -1.05. The lowest BCUT2D eigenvalue weighted by Gasteiger charge is -2.42. The predicted octanol–water partition coefficient (Wildman–Crippen LogP) is 3.09. The van der Waals surface area contributed by atoms with Gasteiger partial charge >= 0.3 is 0 Å². The van der Waals surface area contributed by atoms with Crippen molar-refractivity contribution in [2.75, 3.05) is 13.2 Å². The molecule has 1 aromatic rings. The van der Waals surface area contributed by atoms with E-state index in [-0.39, 0.29) is 5.75 Å². The summed E-state index contributed by atoms with van der Waals surface area (Å²) in [6.45, 7) is 7.94. The Morgan fingerprint density at radius 2 is 1.48 bits per heavy atom. The molecule has 0 amide bonds. The van der Waals surface area contributed by atoms with Gasteiger partial charge in [0.1, 0.15) is 11.4 Å². The molecule has 5 nitrogen and oxygen atoms in total. The second-order valence-electron chi connectivity index (χ2n) is 6.87. The number of para-hydroxylation sites is 2. The molecule has 5 heteroatoms. The summed E-state index contributed by atoms with van der Waals surface area (Å²) < 4.78 is 5.53. The number of phenols is 1. The number of unbranched alkanes of at least 4 members (excludes halogenated alkanes) is 3. The van der Waals surface area contributed by atoms with Crippen molar-refractivity contribution in [3.8, 4) is 11.5 Å². The van der Waals surface area contributed by atoms with Gasteiger partial charge in [0.15, 0.2) is 11.5 Å². The molecule has 0 aromatic heterocycles. The average molecular weight is 325 g/mol. The highest BCUT2D eigenvalue weighted by Crippen LogP contribution is 2.25. The molecule has 3 N–H and O–H groups in total. The zero-order chi connectivity index (χ0) is 17.5. The molecule has 0 aliphatic heterocycles. The maximum atomic E-state index is 10.1. The van der Waals surface area contributed by atoms with Gasteiger partial charge in [-0.15, -0.1) is 0 Å². The third-order valence-corrected chi connectivity index (χ3v) is 3.72. The van der Waals surface area contributed by atoms with Gasteiger partial charge in [-0.3, -0.25) is 0 Å². The van der Waals surface area contributed by atoms with E-state index < -0.39 is 11.4 Å². The first-order valence-corrected chi connectivity index (χ1v) is 8.25. The first-order chi connectivity index (χ1) is 10.6. The molecule has 0 radical (unpaired) electrons. The zero-order valence-electron chi connectivity index (χ0n) is 14.7. The van der Waals surface area contributed by atoms with Crippen molar-refractivity contribution in [3.05, 3.63) is 24.3 Å². The van der Waals surface area contributed by atoms with Crippen molar-refractivity contribution in [2.45, 2.75) is 64.8 Å². The topological polar surface area (TPSA) is 73.2 Å². The molecule has 1 rings (SSSR count).